The molecule has 1 unspecified atom stereocenters. The summed E-state index contributed by atoms with van der Waals surface area (Å²) in [5.41, 5.74) is 6.57. The number of rotatable bonds is 8. The molecule has 8 nitrogen and oxygen atoms in total. The van der Waals surface area contributed by atoms with Gasteiger partial charge in [-0.05, 0) is 42.8 Å². The zero-order valence-corrected chi connectivity index (χ0v) is 18.6. The number of hydrogen-bond acceptors (Lipinski definition) is 8. The van der Waals surface area contributed by atoms with Crippen molar-refractivity contribution in [3.8, 4) is 5.75 Å². The molecule has 3 N–H and O–H groups in total. The molecule has 1 atom stereocenters. The molecule has 0 fully saturated rings. The lowest BCUT2D eigenvalue weighted by atomic mass is 10.2. The summed E-state index contributed by atoms with van der Waals surface area (Å²) in [4.78, 5) is 20.8. The van der Waals surface area contributed by atoms with Crippen LogP contribution in [0.2, 0.25) is 0 Å². The van der Waals surface area contributed by atoms with Crippen molar-refractivity contribution in [2.24, 2.45) is 0 Å². The van der Waals surface area contributed by atoms with Gasteiger partial charge in [-0.2, -0.15) is 0 Å². The standard InChI is InChI=1S/C21H22N4O4S2/c1-3-17(20(26)24-14-9-11-15(29-2)12-10-14)30-21-23-13-18(19(22)25-21)31(27,28)16-7-5-4-6-8-16/h4-13,17H,3H2,1-2H3,(H,24,26)(H2,22,23,25). The Hall–Kier alpha value is -3.11. The molecule has 1 aromatic heterocycles. The Labute approximate surface area is 185 Å². The number of aromatic nitrogens is 2. The van der Waals surface area contributed by atoms with Gasteiger partial charge in [0, 0.05) is 5.69 Å². The van der Waals surface area contributed by atoms with Crippen molar-refractivity contribution in [3.63, 3.8) is 0 Å². The van der Waals surface area contributed by atoms with Gasteiger partial charge >= 0.3 is 0 Å². The zero-order valence-electron chi connectivity index (χ0n) is 17.0. The largest absolute Gasteiger partial charge is 0.497 e. The third-order valence-electron chi connectivity index (χ3n) is 4.37. The molecule has 2 aromatic carbocycles. The first-order chi connectivity index (χ1) is 14.8. The molecule has 0 spiro atoms. The molecule has 162 valence electrons. The minimum atomic E-state index is -3.83. The summed E-state index contributed by atoms with van der Waals surface area (Å²) in [5, 5.41) is 2.57. The second-order valence-corrected chi connectivity index (χ2v) is 9.54. The summed E-state index contributed by atoms with van der Waals surface area (Å²) in [5.74, 6) is 0.307. The highest BCUT2D eigenvalue weighted by Crippen LogP contribution is 2.28. The molecule has 1 heterocycles. The van der Waals surface area contributed by atoms with Crippen molar-refractivity contribution in [1.82, 2.24) is 9.97 Å². The third kappa shape index (κ3) is 5.33. The number of benzene rings is 2. The fourth-order valence-electron chi connectivity index (χ4n) is 2.70. The van der Waals surface area contributed by atoms with Crippen molar-refractivity contribution in [2.45, 2.75) is 33.5 Å². The van der Waals surface area contributed by atoms with Crippen LogP contribution in [-0.4, -0.2) is 36.7 Å². The zero-order chi connectivity index (χ0) is 22.4. The van der Waals surface area contributed by atoms with Gasteiger partial charge in [0.2, 0.25) is 15.7 Å². The monoisotopic (exact) mass is 458 g/mol. The number of carbonyl (C=O) groups is 1. The van der Waals surface area contributed by atoms with E-state index in [0.717, 1.165) is 11.8 Å². The van der Waals surface area contributed by atoms with E-state index >= 15 is 0 Å². The van der Waals surface area contributed by atoms with Gasteiger partial charge in [0.25, 0.3) is 0 Å². The molecule has 0 aliphatic carbocycles. The van der Waals surface area contributed by atoms with Gasteiger partial charge in [0.1, 0.15) is 16.5 Å². The Bertz CT molecular complexity index is 1150. The first kappa shape index (κ1) is 22.6. The second-order valence-electron chi connectivity index (χ2n) is 6.45. The first-order valence-electron chi connectivity index (χ1n) is 9.39. The van der Waals surface area contributed by atoms with Crippen LogP contribution < -0.4 is 15.8 Å². The number of nitrogens with zero attached hydrogens (tertiary/aromatic N) is 2. The quantitative estimate of drug-likeness (QED) is 0.389. The van der Waals surface area contributed by atoms with Crippen molar-refractivity contribution < 1.29 is 17.9 Å². The smallest absolute Gasteiger partial charge is 0.237 e. The highest BCUT2D eigenvalue weighted by molar-refractivity contribution is 8.00. The van der Waals surface area contributed by atoms with Gasteiger partial charge in [-0.25, -0.2) is 18.4 Å². The molecule has 0 bridgehead atoms. The second kappa shape index (κ2) is 9.80. The van der Waals surface area contributed by atoms with Crippen LogP contribution in [0, 0.1) is 0 Å². The number of thioether (sulfide) groups is 1. The van der Waals surface area contributed by atoms with Crippen LogP contribution in [0.25, 0.3) is 0 Å². The Morgan fingerprint density at radius 3 is 2.42 bits per heavy atom. The lowest BCUT2D eigenvalue weighted by molar-refractivity contribution is -0.115. The number of methoxy groups -OCH3 is 1. The highest BCUT2D eigenvalue weighted by atomic mass is 32.2. The van der Waals surface area contributed by atoms with Crippen LogP contribution in [0.15, 0.2) is 75.7 Å². The van der Waals surface area contributed by atoms with Crippen molar-refractivity contribution in [2.75, 3.05) is 18.2 Å². The Balaban J connectivity index is 1.75. The Morgan fingerprint density at radius 1 is 1.16 bits per heavy atom. The molecule has 3 aromatic rings. The Morgan fingerprint density at radius 2 is 1.84 bits per heavy atom. The summed E-state index contributed by atoms with van der Waals surface area (Å²) in [6.45, 7) is 1.86. The fourth-order valence-corrected chi connectivity index (χ4v) is 4.84. The van der Waals surface area contributed by atoms with Crippen molar-refractivity contribution in [3.05, 3.63) is 60.8 Å². The molecule has 0 saturated heterocycles. The van der Waals surface area contributed by atoms with E-state index in [1.165, 1.54) is 18.3 Å². The van der Waals surface area contributed by atoms with E-state index in [2.05, 4.69) is 15.3 Å². The van der Waals surface area contributed by atoms with E-state index < -0.39 is 15.1 Å². The van der Waals surface area contributed by atoms with E-state index in [1.54, 1.807) is 49.6 Å². The van der Waals surface area contributed by atoms with Gasteiger partial charge in [0.05, 0.1) is 23.5 Å². The van der Waals surface area contributed by atoms with Crippen molar-refractivity contribution in [1.29, 1.82) is 0 Å². The van der Waals surface area contributed by atoms with E-state index in [-0.39, 0.29) is 26.7 Å². The normalized spacial score (nSPS) is 12.2. The molecule has 0 aliphatic heterocycles. The lowest BCUT2D eigenvalue weighted by Gasteiger charge is -2.15. The number of anilines is 2. The van der Waals surface area contributed by atoms with Gasteiger partial charge < -0.3 is 15.8 Å². The number of sulfone groups is 1. The van der Waals surface area contributed by atoms with E-state index in [1.807, 2.05) is 6.92 Å². The van der Waals surface area contributed by atoms with Crippen LogP contribution in [0.1, 0.15) is 13.3 Å². The van der Waals surface area contributed by atoms with Crippen molar-refractivity contribution >= 4 is 39.0 Å². The maximum absolute atomic E-state index is 12.8. The molecule has 10 heteroatoms. The van der Waals surface area contributed by atoms with Crippen LogP contribution >= 0.6 is 11.8 Å². The Kier molecular flexibility index (Phi) is 7.13. The van der Waals surface area contributed by atoms with Crippen LogP contribution in [0.3, 0.4) is 0 Å². The summed E-state index contributed by atoms with van der Waals surface area (Å²) < 4.78 is 30.6. The minimum Gasteiger partial charge on any atom is -0.497 e. The average Bonchev–Trinajstić information content (AvgIpc) is 2.78. The summed E-state index contributed by atoms with van der Waals surface area (Å²) in [6, 6.07) is 14.9. The molecule has 3 rings (SSSR count). The van der Waals surface area contributed by atoms with Gasteiger partial charge in [-0.1, -0.05) is 36.9 Å². The number of hydrogen-bond donors (Lipinski definition) is 2. The predicted molar refractivity (Wildman–Crippen MR) is 120 cm³/mol. The van der Waals surface area contributed by atoms with Gasteiger partial charge in [-0.15, -0.1) is 0 Å². The molecular formula is C21H22N4O4S2. The molecule has 0 radical (unpaired) electrons. The van der Waals surface area contributed by atoms with E-state index in [4.69, 9.17) is 10.5 Å². The highest BCUT2D eigenvalue weighted by Gasteiger charge is 2.24. The van der Waals surface area contributed by atoms with Crippen LogP contribution in [0.4, 0.5) is 11.5 Å². The van der Waals surface area contributed by atoms with Gasteiger partial charge in [-0.3, -0.25) is 4.79 Å². The third-order valence-corrected chi connectivity index (χ3v) is 7.40. The summed E-state index contributed by atoms with van der Waals surface area (Å²) >= 11 is 1.12. The number of nitrogens with one attached hydrogen (secondary N) is 1. The topological polar surface area (TPSA) is 124 Å². The lowest BCUT2D eigenvalue weighted by Crippen LogP contribution is -2.25. The summed E-state index contributed by atoms with van der Waals surface area (Å²) in [6.07, 6.45) is 1.70. The maximum Gasteiger partial charge on any atom is 0.237 e. The SMILES string of the molecule is CCC(Sc1ncc(S(=O)(=O)c2ccccc2)c(N)n1)C(=O)Nc1ccc(OC)cc1. The number of amides is 1. The van der Waals surface area contributed by atoms with Gasteiger partial charge in [0.15, 0.2) is 5.16 Å². The molecular weight excluding hydrogens is 436 g/mol. The minimum absolute atomic E-state index is 0.107. The molecule has 0 saturated carbocycles. The molecule has 31 heavy (non-hydrogen) atoms. The maximum atomic E-state index is 12.8. The predicted octanol–water partition coefficient (Wildman–Crippen LogP) is 3.41. The first-order valence-corrected chi connectivity index (χ1v) is 11.8. The number of nitrogen functional groups attached to an aromatic ring is 1. The summed E-state index contributed by atoms with van der Waals surface area (Å²) in [7, 11) is -2.26. The van der Waals surface area contributed by atoms with E-state index in [9.17, 15) is 13.2 Å². The van der Waals surface area contributed by atoms with Crippen LogP contribution in [0.5, 0.6) is 5.75 Å². The van der Waals surface area contributed by atoms with Crippen LogP contribution in [-0.2, 0) is 14.6 Å². The fraction of sp³-hybridized carbons (Fsp3) is 0.190. The number of carbonyl (C=O) groups excluding carboxylic acids is 1. The number of ether oxygens (including phenoxy) is 1. The number of nitrogens with two attached hydrogens (primary N) is 1. The molecule has 1 amide bonds. The average molecular weight is 459 g/mol. The van der Waals surface area contributed by atoms with E-state index in [0.29, 0.717) is 17.9 Å². The molecule has 0 aliphatic rings.